The molecule has 0 spiro atoms. The van der Waals surface area contributed by atoms with Gasteiger partial charge in [0.2, 0.25) is 0 Å². The Bertz CT molecular complexity index is 705. The largest absolute Gasteiger partial charge is 0.344 e. The predicted molar refractivity (Wildman–Crippen MR) is 83.3 cm³/mol. The van der Waals surface area contributed by atoms with Crippen LogP contribution in [-0.2, 0) is 16.1 Å². The molecule has 2 aromatic carbocycles. The summed E-state index contributed by atoms with van der Waals surface area (Å²) in [6, 6.07) is 10.1. The van der Waals surface area contributed by atoms with Crippen LogP contribution in [0.4, 0.5) is 10.1 Å². The molecule has 0 bridgehead atoms. The molecule has 0 aliphatic carbocycles. The fourth-order valence-electron chi connectivity index (χ4n) is 1.64. The summed E-state index contributed by atoms with van der Waals surface area (Å²) in [7, 11) is 0. The van der Waals surface area contributed by atoms with Gasteiger partial charge in [0.15, 0.2) is 0 Å². The highest BCUT2D eigenvalue weighted by Gasteiger charge is 2.15. The Morgan fingerprint density at radius 3 is 2.36 bits per heavy atom. The first-order valence-corrected chi connectivity index (χ1v) is 7.00. The molecular weight excluding hydrogens is 330 g/mol. The number of hydrogen-bond donors (Lipinski definition) is 2. The molecule has 0 heterocycles. The molecule has 0 fully saturated rings. The lowest BCUT2D eigenvalue weighted by molar-refractivity contribution is -0.136. The van der Waals surface area contributed by atoms with Gasteiger partial charge in [0.25, 0.3) is 0 Å². The molecule has 0 aliphatic heterocycles. The van der Waals surface area contributed by atoms with Gasteiger partial charge in [-0.2, -0.15) is 0 Å². The summed E-state index contributed by atoms with van der Waals surface area (Å²) in [4.78, 5) is 23.5. The number of hydrogen-bond acceptors (Lipinski definition) is 2. The van der Waals surface area contributed by atoms with E-state index in [9.17, 15) is 14.0 Å². The molecule has 2 amide bonds. The third kappa shape index (κ3) is 4.44. The smallest absolute Gasteiger partial charge is 0.313 e. The second kappa shape index (κ2) is 7.24. The SMILES string of the molecule is O=C(NCc1ccc(F)cc1)C(=O)Nc1cc(Cl)ccc1Cl. The standard InChI is InChI=1S/C15H11Cl2FN2O2/c16-10-3-6-12(17)13(7-10)20-15(22)14(21)19-8-9-1-4-11(18)5-2-9/h1-7H,8H2,(H,19,21)(H,20,22). The average Bonchev–Trinajstić information content (AvgIpc) is 2.50. The summed E-state index contributed by atoms with van der Waals surface area (Å²) < 4.78 is 12.8. The molecule has 4 nitrogen and oxygen atoms in total. The van der Waals surface area contributed by atoms with E-state index >= 15 is 0 Å². The maximum Gasteiger partial charge on any atom is 0.313 e. The minimum absolute atomic E-state index is 0.107. The monoisotopic (exact) mass is 340 g/mol. The number of rotatable bonds is 3. The molecule has 7 heteroatoms. The third-order valence-corrected chi connectivity index (χ3v) is 3.31. The molecule has 0 saturated carbocycles. The van der Waals surface area contributed by atoms with E-state index in [1.54, 1.807) is 6.07 Å². The Balaban J connectivity index is 1.93. The van der Waals surface area contributed by atoms with Crippen molar-refractivity contribution in [2.24, 2.45) is 0 Å². The van der Waals surface area contributed by atoms with Gasteiger partial charge in [0.05, 0.1) is 10.7 Å². The first-order valence-electron chi connectivity index (χ1n) is 6.24. The Morgan fingerprint density at radius 1 is 1.00 bits per heavy atom. The first-order chi connectivity index (χ1) is 10.5. The maximum absolute atomic E-state index is 12.8. The van der Waals surface area contributed by atoms with E-state index in [0.717, 1.165) is 0 Å². The molecule has 2 N–H and O–H groups in total. The fourth-order valence-corrected chi connectivity index (χ4v) is 1.97. The van der Waals surface area contributed by atoms with E-state index in [1.807, 2.05) is 0 Å². The average molecular weight is 341 g/mol. The van der Waals surface area contributed by atoms with Crippen LogP contribution >= 0.6 is 23.2 Å². The third-order valence-electron chi connectivity index (χ3n) is 2.75. The number of carbonyl (C=O) groups is 2. The van der Waals surface area contributed by atoms with Crippen molar-refractivity contribution in [2.45, 2.75) is 6.54 Å². The summed E-state index contributed by atoms with van der Waals surface area (Å²) >= 11 is 11.7. The van der Waals surface area contributed by atoms with Gasteiger partial charge in [0.1, 0.15) is 5.82 Å². The van der Waals surface area contributed by atoms with Crippen molar-refractivity contribution in [2.75, 3.05) is 5.32 Å². The summed E-state index contributed by atoms with van der Waals surface area (Å²) in [5.41, 5.74) is 0.916. The van der Waals surface area contributed by atoms with Crippen LogP contribution < -0.4 is 10.6 Å². The van der Waals surface area contributed by atoms with Crippen LogP contribution in [0.15, 0.2) is 42.5 Å². The van der Waals surface area contributed by atoms with Crippen LogP contribution in [-0.4, -0.2) is 11.8 Å². The van der Waals surface area contributed by atoms with E-state index in [0.29, 0.717) is 10.6 Å². The molecule has 2 aromatic rings. The normalized spacial score (nSPS) is 10.1. The van der Waals surface area contributed by atoms with E-state index in [2.05, 4.69) is 10.6 Å². The van der Waals surface area contributed by atoms with Crippen molar-refractivity contribution >= 4 is 40.7 Å². The highest BCUT2D eigenvalue weighted by Crippen LogP contribution is 2.25. The van der Waals surface area contributed by atoms with Gasteiger partial charge in [-0.1, -0.05) is 35.3 Å². The molecule has 0 atom stereocenters. The first kappa shape index (κ1) is 16.3. The number of carbonyl (C=O) groups excluding carboxylic acids is 2. The van der Waals surface area contributed by atoms with E-state index in [-0.39, 0.29) is 23.1 Å². The lowest BCUT2D eigenvalue weighted by atomic mass is 10.2. The highest BCUT2D eigenvalue weighted by atomic mass is 35.5. The second-order valence-corrected chi connectivity index (χ2v) is 5.23. The number of amides is 2. The molecule has 2 rings (SSSR count). The van der Waals surface area contributed by atoms with E-state index in [4.69, 9.17) is 23.2 Å². The van der Waals surface area contributed by atoms with Crippen LogP contribution in [0.5, 0.6) is 0 Å². The lowest BCUT2D eigenvalue weighted by Gasteiger charge is -2.08. The topological polar surface area (TPSA) is 58.2 Å². The van der Waals surface area contributed by atoms with Crippen LogP contribution in [0.25, 0.3) is 0 Å². The lowest BCUT2D eigenvalue weighted by Crippen LogP contribution is -2.35. The van der Waals surface area contributed by atoms with Gasteiger partial charge in [-0.3, -0.25) is 9.59 Å². The Morgan fingerprint density at radius 2 is 1.68 bits per heavy atom. The van der Waals surface area contributed by atoms with Gasteiger partial charge < -0.3 is 10.6 Å². The van der Waals surface area contributed by atoms with Gasteiger partial charge in [-0.15, -0.1) is 0 Å². The highest BCUT2D eigenvalue weighted by molar-refractivity contribution is 6.42. The van der Waals surface area contributed by atoms with Crippen molar-refractivity contribution in [3.05, 3.63) is 63.9 Å². The zero-order valence-corrected chi connectivity index (χ0v) is 12.7. The van der Waals surface area contributed by atoms with Crippen molar-refractivity contribution < 1.29 is 14.0 Å². The summed E-state index contributed by atoms with van der Waals surface area (Å²) in [5.74, 6) is -2.07. The molecule has 0 radical (unpaired) electrons. The summed E-state index contributed by atoms with van der Waals surface area (Å²) in [6.45, 7) is 0.107. The van der Waals surface area contributed by atoms with Gasteiger partial charge in [0, 0.05) is 11.6 Å². The Hall–Kier alpha value is -2.11. The van der Waals surface area contributed by atoms with Crippen LogP contribution in [0, 0.1) is 5.82 Å². The maximum atomic E-state index is 12.8. The quantitative estimate of drug-likeness (QED) is 0.841. The number of halogens is 3. The predicted octanol–water partition coefficient (Wildman–Crippen LogP) is 3.39. The minimum atomic E-state index is -0.869. The fraction of sp³-hybridized carbons (Fsp3) is 0.0667. The molecule has 22 heavy (non-hydrogen) atoms. The Kier molecular flexibility index (Phi) is 5.35. The van der Waals surface area contributed by atoms with E-state index in [1.165, 1.54) is 36.4 Å². The van der Waals surface area contributed by atoms with Gasteiger partial charge in [-0.25, -0.2) is 4.39 Å². The summed E-state index contributed by atoms with van der Waals surface area (Å²) in [5, 5.41) is 5.44. The number of benzene rings is 2. The van der Waals surface area contributed by atoms with E-state index < -0.39 is 11.8 Å². The molecule has 0 unspecified atom stereocenters. The second-order valence-electron chi connectivity index (χ2n) is 4.39. The van der Waals surface area contributed by atoms with Crippen LogP contribution in [0.1, 0.15) is 5.56 Å². The molecule has 0 aliphatic rings. The number of anilines is 1. The molecule has 114 valence electrons. The summed E-state index contributed by atoms with van der Waals surface area (Å²) in [6.07, 6.45) is 0. The van der Waals surface area contributed by atoms with Gasteiger partial charge in [-0.05, 0) is 35.9 Å². The number of nitrogens with one attached hydrogen (secondary N) is 2. The minimum Gasteiger partial charge on any atom is -0.344 e. The van der Waals surface area contributed by atoms with Crippen molar-refractivity contribution in [3.8, 4) is 0 Å². The van der Waals surface area contributed by atoms with Crippen LogP contribution in [0.3, 0.4) is 0 Å². The zero-order chi connectivity index (χ0) is 16.1. The molecular formula is C15H11Cl2FN2O2. The van der Waals surface area contributed by atoms with Crippen LogP contribution in [0.2, 0.25) is 10.0 Å². The van der Waals surface area contributed by atoms with Crippen molar-refractivity contribution in [1.82, 2.24) is 5.32 Å². The Labute approximate surface area is 136 Å². The molecule has 0 saturated heterocycles. The van der Waals surface area contributed by atoms with Crippen molar-refractivity contribution in [1.29, 1.82) is 0 Å². The van der Waals surface area contributed by atoms with Crippen molar-refractivity contribution in [3.63, 3.8) is 0 Å². The molecule has 0 aromatic heterocycles. The van der Waals surface area contributed by atoms with Gasteiger partial charge >= 0.3 is 11.8 Å². The zero-order valence-electron chi connectivity index (χ0n) is 11.2.